The van der Waals surface area contributed by atoms with Crippen LogP contribution in [0.4, 0.5) is 24.7 Å². The van der Waals surface area contributed by atoms with Crippen LogP contribution in [0.1, 0.15) is 34.8 Å². The Morgan fingerprint density at radius 2 is 2.00 bits per heavy atom. The number of halogens is 7. The van der Waals surface area contributed by atoms with Crippen molar-refractivity contribution in [2.75, 3.05) is 10.6 Å². The molecule has 0 fully saturated rings. The van der Waals surface area contributed by atoms with E-state index in [1.807, 2.05) is 0 Å². The molecule has 13 heteroatoms. The maximum absolute atomic E-state index is 13.8. The minimum absolute atomic E-state index is 0.00781. The van der Waals surface area contributed by atoms with Gasteiger partial charge < -0.3 is 15.1 Å². The zero-order valence-electron chi connectivity index (χ0n) is 15.1. The lowest BCUT2D eigenvalue weighted by Gasteiger charge is -2.32. The van der Waals surface area contributed by atoms with Gasteiger partial charge in [-0.2, -0.15) is 18.3 Å². The first kappa shape index (κ1) is 22.5. The standard InChI is InChI=1S/C18H11Br2Cl2F3N4O2/c19-13-4-3-11(31-13)10-6-12(18(23,24)25)29-16(26-10)14(20)15(28-29)17(30)27-9-5-7(21)1-2-8(9)22/h1-5,10,12,26H,6H2,(H,27,30). The Hall–Kier alpha value is -1.69. The SMILES string of the molecule is O=C(Nc1cc(Cl)ccc1Cl)c1nn2c(c1Br)NC(c1ccc(Br)o1)CC2C(F)(F)F. The third kappa shape index (κ3) is 4.46. The summed E-state index contributed by atoms with van der Waals surface area (Å²) in [4.78, 5) is 12.8. The van der Waals surface area contributed by atoms with E-state index in [2.05, 4.69) is 47.6 Å². The van der Waals surface area contributed by atoms with Crippen molar-refractivity contribution in [2.45, 2.75) is 24.7 Å². The molecule has 0 spiro atoms. The molecule has 1 aliphatic rings. The first-order valence-electron chi connectivity index (χ1n) is 8.67. The average Bonchev–Trinajstić information content (AvgIpc) is 3.27. The molecule has 2 aromatic heterocycles. The highest BCUT2D eigenvalue weighted by Gasteiger charge is 2.48. The van der Waals surface area contributed by atoms with Gasteiger partial charge in [0.1, 0.15) is 11.6 Å². The van der Waals surface area contributed by atoms with Gasteiger partial charge in [-0.25, -0.2) is 4.68 Å². The van der Waals surface area contributed by atoms with E-state index in [4.69, 9.17) is 27.6 Å². The molecule has 3 heterocycles. The summed E-state index contributed by atoms with van der Waals surface area (Å²) in [6, 6.07) is 4.86. The van der Waals surface area contributed by atoms with E-state index in [0.717, 1.165) is 4.68 Å². The van der Waals surface area contributed by atoms with Crippen molar-refractivity contribution in [1.29, 1.82) is 0 Å². The third-order valence-electron chi connectivity index (χ3n) is 4.62. The first-order chi connectivity index (χ1) is 14.5. The summed E-state index contributed by atoms with van der Waals surface area (Å²) in [5.74, 6) is -0.427. The maximum atomic E-state index is 13.8. The fourth-order valence-corrected chi connectivity index (χ4v) is 4.42. The summed E-state index contributed by atoms with van der Waals surface area (Å²) in [6.45, 7) is 0. The van der Waals surface area contributed by atoms with Gasteiger partial charge in [-0.3, -0.25) is 4.79 Å². The molecule has 164 valence electrons. The number of alkyl halides is 3. The van der Waals surface area contributed by atoms with Gasteiger partial charge in [-0.05, 0) is 62.2 Å². The third-order valence-corrected chi connectivity index (χ3v) is 6.37. The monoisotopic (exact) mass is 600 g/mol. The number of carbonyl (C=O) groups is 1. The fourth-order valence-electron chi connectivity index (χ4n) is 3.21. The van der Waals surface area contributed by atoms with Crippen LogP contribution in [0.15, 0.2) is 43.9 Å². The molecular formula is C18H11Br2Cl2F3N4O2. The molecule has 0 saturated heterocycles. The van der Waals surface area contributed by atoms with E-state index in [-0.39, 0.29) is 33.1 Å². The number of anilines is 2. The quantitative estimate of drug-likeness (QED) is 0.332. The number of fused-ring (bicyclic) bond motifs is 1. The topological polar surface area (TPSA) is 72.1 Å². The molecule has 0 saturated carbocycles. The molecule has 3 aromatic rings. The van der Waals surface area contributed by atoms with Crippen molar-refractivity contribution in [2.24, 2.45) is 0 Å². The lowest BCUT2D eigenvalue weighted by Crippen LogP contribution is -2.35. The Balaban J connectivity index is 1.71. The van der Waals surface area contributed by atoms with E-state index in [1.54, 1.807) is 12.1 Å². The number of rotatable bonds is 3. The summed E-state index contributed by atoms with van der Waals surface area (Å²) in [5, 5.41) is 9.97. The van der Waals surface area contributed by atoms with Crippen LogP contribution in [0.5, 0.6) is 0 Å². The predicted molar refractivity (Wildman–Crippen MR) is 117 cm³/mol. The maximum Gasteiger partial charge on any atom is 0.410 e. The average molecular weight is 603 g/mol. The van der Waals surface area contributed by atoms with E-state index < -0.39 is 24.2 Å². The normalized spacial score (nSPS) is 18.4. The van der Waals surface area contributed by atoms with Crippen molar-refractivity contribution < 1.29 is 22.4 Å². The molecule has 1 aromatic carbocycles. The molecule has 31 heavy (non-hydrogen) atoms. The van der Waals surface area contributed by atoms with Crippen molar-refractivity contribution in [1.82, 2.24) is 9.78 Å². The van der Waals surface area contributed by atoms with Crippen LogP contribution in [0.3, 0.4) is 0 Å². The van der Waals surface area contributed by atoms with Crippen molar-refractivity contribution in [3.63, 3.8) is 0 Å². The van der Waals surface area contributed by atoms with E-state index in [1.165, 1.54) is 18.2 Å². The second-order valence-electron chi connectivity index (χ2n) is 6.67. The van der Waals surface area contributed by atoms with Crippen molar-refractivity contribution in [3.05, 3.63) is 61.0 Å². The minimum atomic E-state index is -4.60. The fraction of sp³-hybridized carbons (Fsp3) is 0.222. The van der Waals surface area contributed by atoms with Gasteiger partial charge in [0.15, 0.2) is 16.4 Å². The Labute approximate surface area is 200 Å². The smallest absolute Gasteiger partial charge is 0.410 e. The molecule has 2 N–H and O–H groups in total. The highest BCUT2D eigenvalue weighted by atomic mass is 79.9. The first-order valence-corrected chi connectivity index (χ1v) is 11.0. The van der Waals surface area contributed by atoms with Crippen LogP contribution < -0.4 is 10.6 Å². The van der Waals surface area contributed by atoms with Gasteiger partial charge in [0, 0.05) is 11.4 Å². The van der Waals surface area contributed by atoms with Gasteiger partial charge >= 0.3 is 6.18 Å². The number of amides is 1. The highest BCUT2D eigenvalue weighted by Crippen LogP contribution is 2.46. The van der Waals surface area contributed by atoms with Crippen molar-refractivity contribution >= 4 is 72.5 Å². The molecule has 1 aliphatic heterocycles. The van der Waals surface area contributed by atoms with Gasteiger partial charge in [-0.1, -0.05) is 23.2 Å². The molecule has 6 nitrogen and oxygen atoms in total. The number of nitrogens with one attached hydrogen (secondary N) is 2. The van der Waals surface area contributed by atoms with E-state index in [9.17, 15) is 18.0 Å². The Kier molecular flexibility index (Phi) is 6.06. The van der Waals surface area contributed by atoms with Crippen LogP contribution in [-0.4, -0.2) is 21.9 Å². The summed E-state index contributed by atoms with van der Waals surface area (Å²) in [7, 11) is 0. The summed E-state index contributed by atoms with van der Waals surface area (Å²) in [5.41, 5.74) is -0.0373. The number of aromatic nitrogens is 2. The Bertz CT molecular complexity index is 1170. The molecule has 0 bridgehead atoms. The van der Waals surface area contributed by atoms with Crippen LogP contribution >= 0.6 is 55.1 Å². The highest BCUT2D eigenvalue weighted by molar-refractivity contribution is 9.10. The molecule has 1 amide bonds. The van der Waals surface area contributed by atoms with Crippen molar-refractivity contribution in [3.8, 4) is 0 Å². The zero-order chi connectivity index (χ0) is 22.5. The van der Waals surface area contributed by atoms with E-state index >= 15 is 0 Å². The second kappa shape index (κ2) is 8.34. The Morgan fingerprint density at radius 3 is 2.65 bits per heavy atom. The lowest BCUT2D eigenvalue weighted by molar-refractivity contribution is -0.174. The van der Waals surface area contributed by atoms with Gasteiger partial charge in [0.05, 0.1) is 21.2 Å². The van der Waals surface area contributed by atoms with Crippen LogP contribution in [-0.2, 0) is 0 Å². The molecule has 2 unspecified atom stereocenters. The molecular weight excluding hydrogens is 592 g/mol. The summed E-state index contributed by atoms with van der Waals surface area (Å²) < 4.78 is 48.1. The number of nitrogens with zero attached hydrogens (tertiary/aromatic N) is 2. The minimum Gasteiger partial charge on any atom is -0.452 e. The number of benzene rings is 1. The van der Waals surface area contributed by atoms with Gasteiger partial charge in [-0.15, -0.1) is 0 Å². The van der Waals surface area contributed by atoms with Crippen LogP contribution in [0.25, 0.3) is 0 Å². The molecule has 2 atom stereocenters. The number of furan rings is 1. The lowest BCUT2D eigenvalue weighted by atomic mass is 10.0. The number of hydrogen-bond acceptors (Lipinski definition) is 4. The largest absolute Gasteiger partial charge is 0.452 e. The molecule has 4 rings (SSSR count). The Morgan fingerprint density at radius 1 is 1.26 bits per heavy atom. The molecule has 0 aliphatic carbocycles. The van der Waals surface area contributed by atoms with Crippen LogP contribution in [0.2, 0.25) is 10.0 Å². The summed E-state index contributed by atoms with van der Waals surface area (Å²) >= 11 is 18.3. The van der Waals surface area contributed by atoms with Gasteiger partial charge in [0.2, 0.25) is 0 Å². The van der Waals surface area contributed by atoms with Gasteiger partial charge in [0.25, 0.3) is 5.91 Å². The molecule has 0 radical (unpaired) electrons. The second-order valence-corrected chi connectivity index (χ2v) is 9.08. The summed E-state index contributed by atoms with van der Waals surface area (Å²) in [6.07, 6.45) is -4.97. The van der Waals surface area contributed by atoms with E-state index in [0.29, 0.717) is 15.5 Å². The number of hydrogen-bond donors (Lipinski definition) is 2. The predicted octanol–water partition coefficient (Wildman–Crippen LogP) is 7.22. The zero-order valence-corrected chi connectivity index (χ0v) is 19.8. The van der Waals surface area contributed by atoms with Crippen LogP contribution in [0, 0.1) is 0 Å². The number of carbonyl (C=O) groups excluding carboxylic acids is 1.